The predicted molar refractivity (Wildman–Crippen MR) is 124 cm³/mol. The van der Waals surface area contributed by atoms with Crippen LogP contribution in [0.3, 0.4) is 0 Å². The van der Waals surface area contributed by atoms with Gasteiger partial charge < -0.3 is 9.80 Å². The Kier molecular flexibility index (Phi) is 6.36. The van der Waals surface area contributed by atoms with E-state index in [0.29, 0.717) is 41.8 Å². The molecule has 0 aliphatic carbocycles. The molecule has 2 heterocycles. The minimum atomic E-state index is -3.93. The number of hydrogen-bond acceptors (Lipinski definition) is 6. The number of piperazine rings is 1. The van der Waals surface area contributed by atoms with Crippen molar-refractivity contribution in [2.45, 2.75) is 11.8 Å². The van der Waals surface area contributed by atoms with Crippen molar-refractivity contribution in [2.75, 3.05) is 35.8 Å². The molecule has 1 fully saturated rings. The number of carbonyl (C=O) groups is 1. The van der Waals surface area contributed by atoms with E-state index in [9.17, 15) is 17.6 Å². The summed E-state index contributed by atoms with van der Waals surface area (Å²) in [7, 11) is -3.93. The summed E-state index contributed by atoms with van der Waals surface area (Å²) in [6.07, 6.45) is 0. The summed E-state index contributed by atoms with van der Waals surface area (Å²) in [5.41, 5.74) is 1.50. The number of hydrogen-bond donors (Lipinski definition) is 1. The minimum Gasteiger partial charge on any atom is -0.368 e. The topological polar surface area (TPSA) is 82.6 Å². The summed E-state index contributed by atoms with van der Waals surface area (Å²) < 4.78 is 40.5. The third-order valence-corrected chi connectivity index (χ3v) is 7.89. The van der Waals surface area contributed by atoms with Gasteiger partial charge in [-0.15, -0.1) is 0 Å². The van der Waals surface area contributed by atoms with Gasteiger partial charge >= 0.3 is 0 Å². The van der Waals surface area contributed by atoms with Crippen LogP contribution < -0.4 is 9.62 Å². The molecular weight excluding hydrogens is 475 g/mol. The maximum absolute atomic E-state index is 13.1. The summed E-state index contributed by atoms with van der Waals surface area (Å²) >= 11 is 6.94. The molecule has 1 aliphatic rings. The second kappa shape index (κ2) is 9.05. The zero-order valence-electron chi connectivity index (χ0n) is 17.1. The minimum absolute atomic E-state index is 0.0852. The van der Waals surface area contributed by atoms with Crippen molar-refractivity contribution in [3.63, 3.8) is 0 Å². The Labute approximate surface area is 194 Å². The van der Waals surface area contributed by atoms with Crippen LogP contribution in [0.4, 0.5) is 15.2 Å². The number of nitrogens with zero attached hydrogens (tertiary/aromatic N) is 3. The average molecular weight is 495 g/mol. The zero-order valence-corrected chi connectivity index (χ0v) is 19.5. The molecular formula is C21H20ClFN4O3S2. The van der Waals surface area contributed by atoms with Crippen molar-refractivity contribution >= 4 is 49.7 Å². The summed E-state index contributed by atoms with van der Waals surface area (Å²) in [4.78, 5) is 21.5. The van der Waals surface area contributed by atoms with E-state index < -0.39 is 15.8 Å². The van der Waals surface area contributed by atoms with Crippen LogP contribution in [0.1, 0.15) is 15.4 Å². The lowest BCUT2D eigenvalue weighted by molar-refractivity contribution is 0.0750. The quantitative estimate of drug-likeness (QED) is 0.579. The molecule has 1 aliphatic heterocycles. The lowest BCUT2D eigenvalue weighted by Crippen LogP contribution is -2.48. The average Bonchev–Trinajstić information content (AvgIpc) is 3.13. The van der Waals surface area contributed by atoms with Crippen molar-refractivity contribution in [1.29, 1.82) is 0 Å². The lowest BCUT2D eigenvalue weighted by atomic mass is 10.2. The van der Waals surface area contributed by atoms with Crippen LogP contribution in [-0.2, 0) is 10.0 Å². The fourth-order valence-electron chi connectivity index (χ4n) is 3.39. The molecule has 11 heteroatoms. The molecule has 1 saturated heterocycles. The molecule has 1 amide bonds. The van der Waals surface area contributed by atoms with Gasteiger partial charge in [-0.1, -0.05) is 22.9 Å². The molecule has 0 saturated carbocycles. The highest BCUT2D eigenvalue weighted by Gasteiger charge is 2.26. The maximum atomic E-state index is 13.1. The first kappa shape index (κ1) is 22.5. The van der Waals surface area contributed by atoms with Crippen LogP contribution in [0.15, 0.2) is 53.4 Å². The third-order valence-electron chi connectivity index (χ3n) is 5.10. The Hall–Kier alpha value is -2.69. The zero-order chi connectivity index (χ0) is 22.9. The van der Waals surface area contributed by atoms with Crippen LogP contribution in [0.2, 0.25) is 5.02 Å². The van der Waals surface area contributed by atoms with Gasteiger partial charge in [0.2, 0.25) is 0 Å². The van der Waals surface area contributed by atoms with Gasteiger partial charge in [0.1, 0.15) is 10.7 Å². The Morgan fingerprint density at radius 3 is 2.31 bits per heavy atom. The van der Waals surface area contributed by atoms with Crippen molar-refractivity contribution in [2.24, 2.45) is 0 Å². The van der Waals surface area contributed by atoms with Gasteiger partial charge in [0.25, 0.3) is 15.9 Å². The number of anilines is 2. The van der Waals surface area contributed by atoms with Crippen molar-refractivity contribution in [3.8, 4) is 0 Å². The lowest BCUT2D eigenvalue weighted by Gasteiger charge is -2.36. The molecule has 0 radical (unpaired) electrons. The number of nitrogens with one attached hydrogen (secondary N) is 1. The molecule has 0 bridgehead atoms. The summed E-state index contributed by atoms with van der Waals surface area (Å²) in [5, 5.41) is 0.768. The third kappa shape index (κ3) is 4.87. The van der Waals surface area contributed by atoms with Gasteiger partial charge in [0.15, 0.2) is 5.13 Å². The van der Waals surface area contributed by atoms with E-state index in [1.165, 1.54) is 12.1 Å². The molecule has 0 spiro atoms. The highest BCUT2D eigenvalue weighted by Crippen LogP contribution is 2.27. The maximum Gasteiger partial charge on any atom is 0.266 e. The number of rotatable bonds is 5. The first-order valence-corrected chi connectivity index (χ1v) is 12.5. The van der Waals surface area contributed by atoms with Crippen LogP contribution in [0.5, 0.6) is 0 Å². The van der Waals surface area contributed by atoms with E-state index in [4.69, 9.17) is 11.6 Å². The van der Waals surface area contributed by atoms with E-state index in [1.807, 2.05) is 24.3 Å². The SMILES string of the molecule is Cc1nc(NS(=O)(=O)c2ccc(F)cc2)sc1C(=O)N1CCN(c2ccc(Cl)cc2)CC1. The smallest absolute Gasteiger partial charge is 0.266 e. The number of aromatic nitrogens is 1. The molecule has 1 N–H and O–H groups in total. The van der Waals surface area contributed by atoms with Gasteiger partial charge in [-0.25, -0.2) is 17.8 Å². The number of sulfonamides is 1. The van der Waals surface area contributed by atoms with Gasteiger partial charge in [-0.3, -0.25) is 9.52 Å². The van der Waals surface area contributed by atoms with Gasteiger partial charge in [-0.2, -0.15) is 0 Å². The number of carbonyl (C=O) groups excluding carboxylic acids is 1. The normalized spacial score (nSPS) is 14.5. The fourth-order valence-corrected chi connectivity index (χ4v) is 5.68. The molecule has 0 unspecified atom stereocenters. The summed E-state index contributed by atoms with van der Waals surface area (Å²) in [5.74, 6) is -0.707. The number of halogens is 2. The van der Waals surface area contributed by atoms with E-state index >= 15 is 0 Å². The van der Waals surface area contributed by atoms with Crippen molar-refractivity contribution < 1.29 is 17.6 Å². The van der Waals surface area contributed by atoms with Gasteiger partial charge in [-0.05, 0) is 55.5 Å². The van der Waals surface area contributed by atoms with Crippen LogP contribution in [-0.4, -0.2) is 50.4 Å². The van der Waals surface area contributed by atoms with E-state index in [-0.39, 0.29) is 15.9 Å². The van der Waals surface area contributed by atoms with E-state index in [1.54, 1.807) is 11.8 Å². The summed E-state index contributed by atoms with van der Waals surface area (Å²) in [6.45, 7) is 4.10. The molecule has 168 valence electrons. The van der Waals surface area contributed by atoms with Crippen molar-refractivity contribution in [1.82, 2.24) is 9.88 Å². The molecule has 4 rings (SSSR count). The number of amides is 1. The second-order valence-electron chi connectivity index (χ2n) is 7.25. The molecule has 0 atom stereocenters. The fraction of sp³-hybridized carbons (Fsp3) is 0.238. The number of benzene rings is 2. The summed E-state index contributed by atoms with van der Waals surface area (Å²) in [6, 6.07) is 12.1. The number of thiazole rings is 1. The monoisotopic (exact) mass is 494 g/mol. The van der Waals surface area contributed by atoms with Gasteiger partial charge in [0, 0.05) is 36.9 Å². The highest BCUT2D eigenvalue weighted by molar-refractivity contribution is 7.93. The molecule has 1 aromatic heterocycles. The standard InChI is InChI=1S/C21H20ClFN4O3S2/c1-14-19(31-21(24-14)25-32(29,30)18-8-4-16(23)5-9-18)20(28)27-12-10-26(11-13-27)17-6-2-15(22)3-7-17/h2-9H,10-13H2,1H3,(H,24,25). The molecule has 2 aromatic carbocycles. The van der Waals surface area contributed by atoms with E-state index in [2.05, 4.69) is 14.6 Å². The first-order valence-electron chi connectivity index (χ1n) is 9.78. The van der Waals surface area contributed by atoms with Gasteiger partial charge in [0.05, 0.1) is 10.6 Å². The van der Waals surface area contributed by atoms with Crippen LogP contribution >= 0.6 is 22.9 Å². The van der Waals surface area contributed by atoms with E-state index in [0.717, 1.165) is 29.2 Å². The molecule has 32 heavy (non-hydrogen) atoms. The molecule has 3 aromatic rings. The number of aryl methyl sites for hydroxylation is 1. The molecule has 7 nitrogen and oxygen atoms in total. The Bertz CT molecular complexity index is 1220. The second-order valence-corrected chi connectivity index (χ2v) is 10.4. The largest absolute Gasteiger partial charge is 0.368 e. The van der Waals surface area contributed by atoms with Crippen molar-refractivity contribution in [3.05, 3.63) is 69.9 Å². The Balaban J connectivity index is 1.43. The van der Waals surface area contributed by atoms with Crippen LogP contribution in [0.25, 0.3) is 0 Å². The highest BCUT2D eigenvalue weighted by atomic mass is 35.5. The van der Waals surface area contributed by atoms with Crippen LogP contribution in [0, 0.1) is 12.7 Å². The first-order chi connectivity index (χ1) is 15.2. The predicted octanol–water partition coefficient (Wildman–Crippen LogP) is 4.01. The Morgan fingerprint density at radius 1 is 1.06 bits per heavy atom. The Morgan fingerprint density at radius 2 is 1.69 bits per heavy atom.